The minimum Gasteiger partial charge on any atom is -0.493 e. The maximum atomic E-state index is 11.9. The largest absolute Gasteiger partial charge is 0.493 e. The molecule has 8 heteroatoms. The quantitative estimate of drug-likeness (QED) is 0.772. The maximum absolute atomic E-state index is 11.9. The topological polar surface area (TPSA) is 102 Å². The second-order valence-electron chi connectivity index (χ2n) is 4.70. The molecular weight excluding hydrogens is 302 g/mol. The Kier molecular flexibility index (Phi) is 5.19. The smallest absolute Gasteiger partial charge is 0.328 e. The van der Waals surface area contributed by atoms with E-state index in [1.807, 2.05) is 0 Å². The molecular formula is C15H17N3O5. The van der Waals surface area contributed by atoms with Gasteiger partial charge >= 0.3 is 5.69 Å². The fraction of sp³-hybridized carbons (Fsp3) is 0.267. The van der Waals surface area contributed by atoms with Crippen LogP contribution in [0.2, 0.25) is 0 Å². The highest BCUT2D eigenvalue weighted by molar-refractivity contribution is 5.75. The fourth-order valence-electron chi connectivity index (χ4n) is 1.97. The average molecular weight is 319 g/mol. The van der Waals surface area contributed by atoms with Crippen LogP contribution in [-0.2, 0) is 17.9 Å². The molecule has 0 saturated carbocycles. The van der Waals surface area contributed by atoms with Crippen molar-refractivity contribution in [2.45, 2.75) is 13.1 Å². The summed E-state index contributed by atoms with van der Waals surface area (Å²) in [5, 5.41) is 2.69. The zero-order chi connectivity index (χ0) is 16.8. The van der Waals surface area contributed by atoms with Gasteiger partial charge in [0.2, 0.25) is 5.91 Å². The van der Waals surface area contributed by atoms with Gasteiger partial charge in [0.05, 0.1) is 14.2 Å². The molecule has 0 aliphatic rings. The van der Waals surface area contributed by atoms with Crippen LogP contribution in [0.3, 0.4) is 0 Å². The van der Waals surface area contributed by atoms with Crippen molar-refractivity contribution in [3.63, 3.8) is 0 Å². The Morgan fingerprint density at radius 2 is 1.91 bits per heavy atom. The standard InChI is InChI=1S/C15H17N3O5/c1-22-11-4-3-10(7-12(11)23-2)8-16-14(20)9-18-6-5-13(19)17-15(18)21/h3-7H,8-9H2,1-2H3,(H,16,20)(H,17,19,21). The van der Waals surface area contributed by atoms with E-state index < -0.39 is 11.2 Å². The highest BCUT2D eigenvalue weighted by Crippen LogP contribution is 2.27. The van der Waals surface area contributed by atoms with Gasteiger partial charge in [0.15, 0.2) is 11.5 Å². The Balaban J connectivity index is 1.99. The van der Waals surface area contributed by atoms with Crippen LogP contribution in [0.15, 0.2) is 40.1 Å². The first-order valence-electron chi connectivity index (χ1n) is 6.81. The van der Waals surface area contributed by atoms with Crippen molar-refractivity contribution in [2.24, 2.45) is 0 Å². The van der Waals surface area contributed by atoms with Crippen LogP contribution in [-0.4, -0.2) is 29.7 Å². The van der Waals surface area contributed by atoms with Crippen molar-refractivity contribution >= 4 is 5.91 Å². The number of nitrogens with zero attached hydrogens (tertiary/aromatic N) is 1. The van der Waals surface area contributed by atoms with Crippen LogP contribution >= 0.6 is 0 Å². The van der Waals surface area contributed by atoms with Crippen LogP contribution in [0.1, 0.15) is 5.56 Å². The lowest BCUT2D eigenvalue weighted by Gasteiger charge is -2.10. The van der Waals surface area contributed by atoms with Gasteiger partial charge in [-0.1, -0.05) is 6.07 Å². The van der Waals surface area contributed by atoms with Crippen molar-refractivity contribution in [1.29, 1.82) is 0 Å². The summed E-state index contributed by atoms with van der Waals surface area (Å²) in [4.78, 5) is 36.4. The van der Waals surface area contributed by atoms with E-state index in [9.17, 15) is 14.4 Å². The third-order valence-electron chi connectivity index (χ3n) is 3.15. The van der Waals surface area contributed by atoms with Crippen molar-refractivity contribution in [1.82, 2.24) is 14.9 Å². The summed E-state index contributed by atoms with van der Waals surface area (Å²) in [5.41, 5.74) is -0.305. The van der Waals surface area contributed by atoms with Gasteiger partial charge in [-0.05, 0) is 17.7 Å². The molecule has 0 spiro atoms. The summed E-state index contributed by atoms with van der Waals surface area (Å²) < 4.78 is 11.4. The molecule has 2 aromatic rings. The normalized spacial score (nSPS) is 10.2. The van der Waals surface area contributed by atoms with E-state index in [4.69, 9.17) is 9.47 Å². The van der Waals surface area contributed by atoms with Crippen LogP contribution in [0.5, 0.6) is 11.5 Å². The Labute approximate surface area is 131 Å². The molecule has 0 unspecified atom stereocenters. The minimum atomic E-state index is -0.626. The van der Waals surface area contributed by atoms with Gasteiger partial charge in [0.1, 0.15) is 6.54 Å². The van der Waals surface area contributed by atoms with E-state index in [1.165, 1.54) is 19.4 Å². The van der Waals surface area contributed by atoms with Gasteiger partial charge in [-0.15, -0.1) is 0 Å². The highest BCUT2D eigenvalue weighted by Gasteiger charge is 2.07. The number of carbonyl (C=O) groups excluding carboxylic acids is 1. The molecule has 0 radical (unpaired) electrons. The summed E-state index contributed by atoms with van der Waals surface area (Å²) in [6.45, 7) is 0.0974. The molecule has 1 amide bonds. The van der Waals surface area contributed by atoms with E-state index in [1.54, 1.807) is 25.3 Å². The summed E-state index contributed by atoms with van der Waals surface area (Å²) in [6, 6.07) is 6.48. The molecule has 0 saturated heterocycles. The summed E-state index contributed by atoms with van der Waals surface area (Å²) in [5.74, 6) is 0.812. The number of amides is 1. The van der Waals surface area contributed by atoms with Crippen LogP contribution in [0, 0.1) is 0 Å². The molecule has 23 heavy (non-hydrogen) atoms. The van der Waals surface area contributed by atoms with Crippen molar-refractivity contribution in [3.05, 3.63) is 56.9 Å². The summed E-state index contributed by atoms with van der Waals surface area (Å²) in [6.07, 6.45) is 1.27. The summed E-state index contributed by atoms with van der Waals surface area (Å²) in [7, 11) is 3.07. The molecule has 0 aliphatic heterocycles. The van der Waals surface area contributed by atoms with Gasteiger partial charge in [-0.25, -0.2) is 4.79 Å². The molecule has 0 aliphatic carbocycles. The Hall–Kier alpha value is -3.03. The predicted molar refractivity (Wildman–Crippen MR) is 82.7 cm³/mol. The number of hydrogen-bond donors (Lipinski definition) is 2. The molecule has 0 fully saturated rings. The second-order valence-corrected chi connectivity index (χ2v) is 4.70. The fourth-order valence-corrected chi connectivity index (χ4v) is 1.97. The number of ether oxygens (including phenoxy) is 2. The van der Waals surface area contributed by atoms with Gasteiger partial charge in [0, 0.05) is 18.8 Å². The molecule has 2 rings (SSSR count). The van der Waals surface area contributed by atoms with Crippen molar-refractivity contribution in [2.75, 3.05) is 14.2 Å². The molecule has 2 N–H and O–H groups in total. The summed E-state index contributed by atoms with van der Waals surface area (Å²) >= 11 is 0. The van der Waals surface area contributed by atoms with E-state index in [-0.39, 0.29) is 19.0 Å². The number of rotatable bonds is 6. The first-order valence-corrected chi connectivity index (χ1v) is 6.81. The van der Waals surface area contributed by atoms with Gasteiger partial charge in [0.25, 0.3) is 5.56 Å². The number of H-pyrrole nitrogens is 1. The lowest BCUT2D eigenvalue weighted by Crippen LogP contribution is -2.35. The third kappa shape index (κ3) is 4.22. The number of methoxy groups -OCH3 is 2. The number of nitrogens with one attached hydrogen (secondary N) is 2. The first kappa shape index (κ1) is 16.3. The lowest BCUT2D eigenvalue weighted by molar-refractivity contribution is -0.121. The third-order valence-corrected chi connectivity index (χ3v) is 3.15. The number of aromatic nitrogens is 2. The first-order chi connectivity index (χ1) is 11.0. The van der Waals surface area contributed by atoms with Crippen molar-refractivity contribution in [3.8, 4) is 11.5 Å². The monoisotopic (exact) mass is 319 g/mol. The Morgan fingerprint density at radius 3 is 2.57 bits per heavy atom. The number of hydrogen-bond acceptors (Lipinski definition) is 5. The van der Waals surface area contributed by atoms with E-state index in [0.29, 0.717) is 11.5 Å². The Morgan fingerprint density at radius 1 is 1.17 bits per heavy atom. The van der Waals surface area contributed by atoms with Crippen LogP contribution in [0.4, 0.5) is 0 Å². The van der Waals surface area contributed by atoms with Gasteiger partial charge < -0.3 is 14.8 Å². The minimum absolute atomic E-state index is 0.178. The zero-order valence-electron chi connectivity index (χ0n) is 12.8. The molecule has 1 aromatic heterocycles. The predicted octanol–water partition coefficient (Wildman–Crippen LogP) is -0.130. The lowest BCUT2D eigenvalue weighted by atomic mass is 10.2. The van der Waals surface area contributed by atoms with Gasteiger partial charge in [-0.2, -0.15) is 0 Å². The van der Waals surface area contributed by atoms with E-state index in [0.717, 1.165) is 10.1 Å². The molecule has 8 nitrogen and oxygen atoms in total. The maximum Gasteiger partial charge on any atom is 0.328 e. The Bertz CT molecular complexity index is 809. The molecule has 0 bridgehead atoms. The number of carbonyl (C=O) groups is 1. The average Bonchev–Trinajstić information content (AvgIpc) is 2.55. The number of benzene rings is 1. The van der Waals surface area contributed by atoms with Gasteiger partial charge in [-0.3, -0.25) is 19.1 Å². The van der Waals surface area contributed by atoms with E-state index in [2.05, 4.69) is 10.3 Å². The molecule has 122 valence electrons. The molecule has 1 heterocycles. The number of aromatic amines is 1. The SMILES string of the molecule is COc1ccc(CNC(=O)Cn2ccc(=O)[nH]c2=O)cc1OC. The van der Waals surface area contributed by atoms with Crippen LogP contribution < -0.4 is 26.0 Å². The zero-order valence-corrected chi connectivity index (χ0v) is 12.8. The second kappa shape index (κ2) is 7.30. The molecule has 0 atom stereocenters. The van der Waals surface area contributed by atoms with Crippen molar-refractivity contribution < 1.29 is 14.3 Å². The highest BCUT2D eigenvalue weighted by atomic mass is 16.5. The van der Waals surface area contributed by atoms with E-state index >= 15 is 0 Å². The van der Waals surface area contributed by atoms with Crippen LogP contribution in [0.25, 0.3) is 0 Å². The molecule has 1 aromatic carbocycles.